The SMILES string of the molecule is Cc1cc(C(CO)Nc2ccc(Cl)nc2-c2cnn(C)c2)c2c(c1)c(=O)n1c3c2cnn3CCC1. The van der Waals surface area contributed by atoms with Gasteiger partial charge in [0.1, 0.15) is 10.8 Å². The lowest BCUT2D eigenvalue weighted by Gasteiger charge is -2.23. The van der Waals surface area contributed by atoms with Crippen LogP contribution < -0.4 is 10.9 Å². The zero-order chi connectivity index (χ0) is 24.3. The van der Waals surface area contributed by atoms with Gasteiger partial charge in [-0.2, -0.15) is 10.2 Å². The largest absolute Gasteiger partial charge is 0.394 e. The first-order chi connectivity index (χ1) is 16.9. The minimum atomic E-state index is -0.500. The second kappa shape index (κ2) is 8.21. The minimum absolute atomic E-state index is 0.0280. The summed E-state index contributed by atoms with van der Waals surface area (Å²) < 4.78 is 5.42. The lowest BCUT2D eigenvalue weighted by atomic mass is 9.95. The monoisotopic (exact) mass is 489 g/mol. The van der Waals surface area contributed by atoms with Crippen LogP contribution in [0.4, 0.5) is 5.69 Å². The van der Waals surface area contributed by atoms with Gasteiger partial charge < -0.3 is 10.4 Å². The molecule has 10 heteroatoms. The Balaban J connectivity index is 1.55. The first-order valence-corrected chi connectivity index (χ1v) is 11.9. The predicted molar refractivity (Wildman–Crippen MR) is 136 cm³/mol. The van der Waals surface area contributed by atoms with E-state index in [-0.39, 0.29) is 12.2 Å². The Hall–Kier alpha value is -3.69. The molecule has 0 saturated heterocycles. The van der Waals surface area contributed by atoms with Crippen LogP contribution in [0.15, 0.2) is 47.7 Å². The van der Waals surface area contributed by atoms with E-state index in [1.54, 1.807) is 16.9 Å². The first-order valence-electron chi connectivity index (χ1n) is 11.5. The molecule has 0 aliphatic carbocycles. The first kappa shape index (κ1) is 21.8. The topological polar surface area (TPSA) is 103 Å². The van der Waals surface area contributed by atoms with Crippen LogP contribution in [0.25, 0.3) is 33.1 Å². The summed E-state index contributed by atoms with van der Waals surface area (Å²) in [5.41, 5.74) is 4.73. The number of aromatic nitrogens is 6. The maximum Gasteiger partial charge on any atom is 0.260 e. The molecule has 0 radical (unpaired) electrons. The number of aryl methyl sites for hydroxylation is 4. The third kappa shape index (κ3) is 3.50. The van der Waals surface area contributed by atoms with Crippen LogP contribution in [0.5, 0.6) is 0 Å². The standard InChI is InChI=1S/C25H24ClN7O2/c1-14-8-16(22-17(9-14)25(35)32-6-3-7-33-24(32)18(22)11-28-33)20(13-34)29-19-4-5-21(26)30-23(19)15-10-27-31(2)12-15/h4-5,8-12,20,29,34H,3,6-7,13H2,1-2H3. The van der Waals surface area contributed by atoms with E-state index in [9.17, 15) is 9.90 Å². The van der Waals surface area contributed by atoms with E-state index in [4.69, 9.17) is 11.6 Å². The van der Waals surface area contributed by atoms with Crippen molar-refractivity contribution in [1.29, 1.82) is 0 Å². The van der Waals surface area contributed by atoms with E-state index in [1.807, 2.05) is 53.8 Å². The normalized spacial score (nSPS) is 14.1. The Morgan fingerprint density at radius 1 is 1.17 bits per heavy atom. The summed E-state index contributed by atoms with van der Waals surface area (Å²) in [5.74, 6) is 0. The van der Waals surface area contributed by atoms with Crippen LogP contribution in [-0.2, 0) is 20.1 Å². The van der Waals surface area contributed by atoms with E-state index in [0.29, 0.717) is 28.5 Å². The maximum atomic E-state index is 13.5. The zero-order valence-corrected chi connectivity index (χ0v) is 20.1. The van der Waals surface area contributed by atoms with E-state index >= 15 is 0 Å². The smallest absolute Gasteiger partial charge is 0.260 e. The highest BCUT2D eigenvalue weighted by atomic mass is 35.5. The van der Waals surface area contributed by atoms with Crippen LogP contribution in [0, 0.1) is 6.92 Å². The van der Waals surface area contributed by atoms with Gasteiger partial charge in [-0.1, -0.05) is 17.7 Å². The molecule has 0 saturated carbocycles. The van der Waals surface area contributed by atoms with Crippen LogP contribution >= 0.6 is 11.6 Å². The number of anilines is 1. The van der Waals surface area contributed by atoms with E-state index in [1.165, 1.54) is 0 Å². The van der Waals surface area contributed by atoms with Crippen molar-refractivity contribution in [3.05, 3.63) is 69.5 Å². The molecule has 2 N–H and O–H groups in total. The summed E-state index contributed by atoms with van der Waals surface area (Å²) in [5, 5.41) is 25.5. The highest BCUT2D eigenvalue weighted by Crippen LogP contribution is 2.35. The molecular formula is C25H24ClN7O2. The number of aliphatic hydroxyl groups is 1. The molecule has 0 bridgehead atoms. The number of hydrogen-bond donors (Lipinski definition) is 2. The number of benzene rings is 1. The fourth-order valence-corrected chi connectivity index (χ4v) is 5.26. The number of hydrogen-bond acceptors (Lipinski definition) is 6. The van der Waals surface area contributed by atoms with Gasteiger partial charge in [0.25, 0.3) is 5.56 Å². The van der Waals surface area contributed by atoms with Crippen molar-refractivity contribution in [3.63, 3.8) is 0 Å². The van der Waals surface area contributed by atoms with Gasteiger partial charge >= 0.3 is 0 Å². The van der Waals surface area contributed by atoms with Crippen molar-refractivity contribution in [2.45, 2.75) is 32.5 Å². The summed E-state index contributed by atoms with van der Waals surface area (Å²) >= 11 is 6.22. The number of halogens is 1. The van der Waals surface area contributed by atoms with Crippen LogP contribution in [-0.4, -0.2) is 40.8 Å². The molecule has 1 aromatic carbocycles. The average Bonchev–Trinajstić information content (AvgIpc) is 3.48. The van der Waals surface area contributed by atoms with Crippen LogP contribution in [0.2, 0.25) is 5.15 Å². The highest BCUT2D eigenvalue weighted by molar-refractivity contribution is 6.29. The molecule has 5 aromatic rings. The molecule has 1 aliphatic rings. The Bertz CT molecular complexity index is 1670. The van der Waals surface area contributed by atoms with E-state index in [2.05, 4.69) is 20.5 Å². The van der Waals surface area contributed by atoms with Gasteiger partial charge in [-0.05, 0) is 42.7 Å². The molecular weight excluding hydrogens is 466 g/mol. The van der Waals surface area contributed by atoms with Crippen molar-refractivity contribution in [2.75, 3.05) is 11.9 Å². The molecule has 6 rings (SSSR count). The number of aliphatic hydroxyl groups excluding tert-OH is 1. The van der Waals surface area contributed by atoms with Gasteiger partial charge in [0.05, 0.1) is 36.4 Å². The fraction of sp³-hybridized carbons (Fsp3) is 0.280. The lowest BCUT2D eigenvalue weighted by molar-refractivity contribution is 0.277. The molecule has 0 fully saturated rings. The van der Waals surface area contributed by atoms with E-state index in [0.717, 1.165) is 46.1 Å². The van der Waals surface area contributed by atoms with Crippen molar-refractivity contribution in [3.8, 4) is 11.3 Å². The van der Waals surface area contributed by atoms with Gasteiger partial charge in [0, 0.05) is 48.1 Å². The van der Waals surface area contributed by atoms with Gasteiger partial charge in [-0.15, -0.1) is 0 Å². The van der Waals surface area contributed by atoms with Gasteiger partial charge in [0.2, 0.25) is 0 Å². The van der Waals surface area contributed by atoms with Crippen molar-refractivity contribution in [1.82, 2.24) is 29.1 Å². The number of fused-ring (bicyclic) bond motifs is 2. The summed E-state index contributed by atoms with van der Waals surface area (Å²) in [6.45, 7) is 3.23. The Kier molecular flexibility index (Phi) is 5.12. The van der Waals surface area contributed by atoms with Crippen LogP contribution in [0.3, 0.4) is 0 Å². The second-order valence-corrected chi connectivity index (χ2v) is 9.39. The molecule has 1 atom stereocenters. The van der Waals surface area contributed by atoms with Crippen molar-refractivity contribution < 1.29 is 5.11 Å². The predicted octanol–water partition coefficient (Wildman–Crippen LogP) is 3.66. The average molecular weight is 490 g/mol. The minimum Gasteiger partial charge on any atom is -0.394 e. The third-order valence-corrected chi connectivity index (χ3v) is 6.81. The van der Waals surface area contributed by atoms with Crippen molar-refractivity contribution in [2.24, 2.45) is 7.05 Å². The van der Waals surface area contributed by atoms with E-state index < -0.39 is 6.04 Å². The van der Waals surface area contributed by atoms with Crippen molar-refractivity contribution >= 4 is 39.1 Å². The quantitative estimate of drug-likeness (QED) is 0.365. The molecule has 0 spiro atoms. The fourth-order valence-electron chi connectivity index (χ4n) is 5.11. The van der Waals surface area contributed by atoms with Gasteiger partial charge in [0.15, 0.2) is 0 Å². The second-order valence-electron chi connectivity index (χ2n) is 9.00. The highest BCUT2D eigenvalue weighted by Gasteiger charge is 2.24. The Morgan fingerprint density at radius 3 is 2.80 bits per heavy atom. The number of nitrogens with zero attached hydrogens (tertiary/aromatic N) is 6. The molecule has 4 aromatic heterocycles. The molecule has 1 unspecified atom stereocenters. The van der Waals surface area contributed by atoms with Crippen LogP contribution in [0.1, 0.15) is 23.6 Å². The zero-order valence-electron chi connectivity index (χ0n) is 19.4. The summed E-state index contributed by atoms with van der Waals surface area (Å²) in [7, 11) is 1.84. The Morgan fingerprint density at radius 2 is 2.03 bits per heavy atom. The third-order valence-electron chi connectivity index (χ3n) is 6.60. The molecule has 35 heavy (non-hydrogen) atoms. The molecule has 5 heterocycles. The summed E-state index contributed by atoms with van der Waals surface area (Å²) in [6.07, 6.45) is 6.28. The molecule has 9 nitrogen and oxygen atoms in total. The molecule has 1 aliphatic heterocycles. The number of rotatable bonds is 5. The van der Waals surface area contributed by atoms with Gasteiger partial charge in [-0.25, -0.2) is 9.67 Å². The van der Waals surface area contributed by atoms with Gasteiger partial charge in [-0.3, -0.25) is 14.0 Å². The summed E-state index contributed by atoms with van der Waals surface area (Å²) in [4.78, 5) is 18.0. The maximum absolute atomic E-state index is 13.5. The molecule has 178 valence electrons. The lowest BCUT2D eigenvalue weighted by Crippen LogP contribution is -2.27. The number of pyridine rings is 2. The molecule has 0 amide bonds. The summed E-state index contributed by atoms with van der Waals surface area (Å²) in [6, 6.07) is 7.00. The number of nitrogens with one attached hydrogen (secondary N) is 1. The Labute approximate surface area is 205 Å².